The SMILES string of the molecule is COc1cccc(-c2n[nH]c(-c3cc([N+](=O)[O-])ccc3OC)n2)c1. The quantitative estimate of drug-likeness (QED) is 0.571. The fourth-order valence-electron chi connectivity index (χ4n) is 2.27. The Bertz CT molecular complexity index is 891. The highest BCUT2D eigenvalue weighted by molar-refractivity contribution is 5.69. The van der Waals surface area contributed by atoms with E-state index in [1.165, 1.54) is 25.3 Å². The van der Waals surface area contributed by atoms with Crippen molar-refractivity contribution in [1.82, 2.24) is 15.2 Å². The van der Waals surface area contributed by atoms with Crippen LogP contribution in [0.15, 0.2) is 42.5 Å². The zero-order valence-electron chi connectivity index (χ0n) is 13.0. The van der Waals surface area contributed by atoms with Crippen LogP contribution in [0.2, 0.25) is 0 Å². The molecule has 0 aliphatic carbocycles. The number of rotatable bonds is 5. The third-order valence-electron chi connectivity index (χ3n) is 3.46. The third-order valence-corrected chi connectivity index (χ3v) is 3.46. The first kappa shape index (κ1) is 15.5. The van der Waals surface area contributed by atoms with Crippen molar-refractivity contribution in [1.29, 1.82) is 0 Å². The molecule has 0 spiro atoms. The minimum absolute atomic E-state index is 0.0508. The molecule has 2 aromatic carbocycles. The average molecular weight is 326 g/mol. The van der Waals surface area contributed by atoms with Crippen LogP contribution in [0.4, 0.5) is 5.69 Å². The second kappa shape index (κ2) is 6.37. The summed E-state index contributed by atoms with van der Waals surface area (Å²) in [5.74, 6) is 1.99. The molecule has 0 aliphatic heterocycles. The number of nitrogens with one attached hydrogen (secondary N) is 1. The monoisotopic (exact) mass is 326 g/mol. The Morgan fingerprint density at radius 2 is 1.96 bits per heavy atom. The molecule has 0 atom stereocenters. The Hall–Kier alpha value is -3.42. The van der Waals surface area contributed by atoms with Crippen LogP contribution >= 0.6 is 0 Å². The molecule has 0 amide bonds. The Kier molecular flexibility index (Phi) is 4.11. The smallest absolute Gasteiger partial charge is 0.270 e. The van der Waals surface area contributed by atoms with E-state index in [2.05, 4.69) is 15.2 Å². The van der Waals surface area contributed by atoms with Crippen LogP contribution in [-0.4, -0.2) is 34.3 Å². The number of benzene rings is 2. The van der Waals surface area contributed by atoms with Gasteiger partial charge >= 0.3 is 0 Å². The number of H-pyrrole nitrogens is 1. The predicted octanol–water partition coefficient (Wildman–Crippen LogP) is 3.06. The van der Waals surface area contributed by atoms with Gasteiger partial charge in [-0.2, -0.15) is 5.10 Å². The molecule has 8 heteroatoms. The lowest BCUT2D eigenvalue weighted by Gasteiger charge is -2.05. The topological polar surface area (TPSA) is 103 Å². The van der Waals surface area contributed by atoms with Crippen molar-refractivity contribution in [2.45, 2.75) is 0 Å². The van der Waals surface area contributed by atoms with Gasteiger partial charge in [-0.25, -0.2) is 4.98 Å². The van der Waals surface area contributed by atoms with Gasteiger partial charge in [-0.15, -0.1) is 0 Å². The first-order valence-electron chi connectivity index (χ1n) is 7.02. The maximum atomic E-state index is 11.0. The predicted molar refractivity (Wildman–Crippen MR) is 87.0 cm³/mol. The summed E-state index contributed by atoms with van der Waals surface area (Å²) in [5.41, 5.74) is 1.18. The maximum Gasteiger partial charge on any atom is 0.270 e. The Balaban J connectivity index is 2.04. The van der Waals surface area contributed by atoms with Gasteiger partial charge in [-0.05, 0) is 18.2 Å². The summed E-state index contributed by atoms with van der Waals surface area (Å²) < 4.78 is 10.4. The zero-order chi connectivity index (χ0) is 17.1. The molecular weight excluding hydrogens is 312 g/mol. The van der Waals surface area contributed by atoms with Crippen molar-refractivity contribution in [3.8, 4) is 34.3 Å². The van der Waals surface area contributed by atoms with Crippen LogP contribution in [0.25, 0.3) is 22.8 Å². The van der Waals surface area contributed by atoms with E-state index in [0.29, 0.717) is 28.7 Å². The number of methoxy groups -OCH3 is 2. The fraction of sp³-hybridized carbons (Fsp3) is 0.125. The molecule has 1 N–H and O–H groups in total. The molecule has 0 fully saturated rings. The van der Waals surface area contributed by atoms with Crippen LogP contribution < -0.4 is 9.47 Å². The molecule has 0 unspecified atom stereocenters. The molecule has 3 aromatic rings. The number of nitrogens with zero attached hydrogens (tertiary/aromatic N) is 3. The molecule has 24 heavy (non-hydrogen) atoms. The number of hydrogen-bond acceptors (Lipinski definition) is 6. The van der Waals surface area contributed by atoms with Gasteiger partial charge in [-0.1, -0.05) is 12.1 Å². The van der Waals surface area contributed by atoms with Crippen molar-refractivity contribution in [3.63, 3.8) is 0 Å². The summed E-state index contributed by atoms with van der Waals surface area (Å²) in [5, 5.41) is 18.0. The van der Waals surface area contributed by atoms with Crippen LogP contribution in [0.3, 0.4) is 0 Å². The van der Waals surface area contributed by atoms with Gasteiger partial charge in [0.25, 0.3) is 5.69 Å². The van der Waals surface area contributed by atoms with Gasteiger partial charge in [0.2, 0.25) is 0 Å². The van der Waals surface area contributed by atoms with E-state index >= 15 is 0 Å². The van der Waals surface area contributed by atoms with Crippen molar-refractivity contribution >= 4 is 5.69 Å². The normalized spacial score (nSPS) is 10.4. The lowest BCUT2D eigenvalue weighted by molar-refractivity contribution is -0.384. The van der Waals surface area contributed by atoms with E-state index in [4.69, 9.17) is 9.47 Å². The first-order valence-corrected chi connectivity index (χ1v) is 7.02. The van der Waals surface area contributed by atoms with Gasteiger partial charge < -0.3 is 9.47 Å². The Labute approximate surface area is 137 Å². The molecule has 1 aromatic heterocycles. The van der Waals surface area contributed by atoms with E-state index in [-0.39, 0.29) is 5.69 Å². The van der Waals surface area contributed by atoms with Crippen LogP contribution in [0, 0.1) is 10.1 Å². The van der Waals surface area contributed by atoms with Gasteiger partial charge in [0.05, 0.1) is 24.7 Å². The Morgan fingerprint density at radius 1 is 1.12 bits per heavy atom. The Morgan fingerprint density at radius 3 is 2.67 bits per heavy atom. The van der Waals surface area contributed by atoms with Crippen LogP contribution in [-0.2, 0) is 0 Å². The second-order valence-electron chi connectivity index (χ2n) is 4.88. The highest BCUT2D eigenvalue weighted by atomic mass is 16.6. The number of aromatic amines is 1. The molecule has 122 valence electrons. The van der Waals surface area contributed by atoms with E-state index in [9.17, 15) is 10.1 Å². The van der Waals surface area contributed by atoms with Gasteiger partial charge in [-0.3, -0.25) is 15.2 Å². The molecule has 0 radical (unpaired) electrons. The molecule has 8 nitrogen and oxygen atoms in total. The zero-order valence-corrected chi connectivity index (χ0v) is 13.0. The first-order chi connectivity index (χ1) is 11.6. The molecule has 1 heterocycles. The minimum Gasteiger partial charge on any atom is -0.497 e. The fourth-order valence-corrected chi connectivity index (χ4v) is 2.27. The van der Waals surface area contributed by atoms with Crippen molar-refractivity contribution < 1.29 is 14.4 Å². The summed E-state index contributed by atoms with van der Waals surface area (Å²) >= 11 is 0. The number of ether oxygens (including phenoxy) is 2. The number of hydrogen-bond donors (Lipinski definition) is 1. The summed E-state index contributed by atoms with van der Waals surface area (Å²) in [7, 11) is 3.07. The molecule has 0 bridgehead atoms. The summed E-state index contributed by atoms with van der Waals surface area (Å²) in [6, 6.07) is 11.6. The number of non-ortho nitro benzene ring substituents is 1. The van der Waals surface area contributed by atoms with E-state index in [0.717, 1.165) is 5.56 Å². The van der Waals surface area contributed by atoms with E-state index in [1.54, 1.807) is 13.2 Å². The second-order valence-corrected chi connectivity index (χ2v) is 4.88. The summed E-state index contributed by atoms with van der Waals surface area (Å²) in [6.45, 7) is 0. The van der Waals surface area contributed by atoms with Gasteiger partial charge in [0.1, 0.15) is 11.5 Å². The molecule has 0 saturated heterocycles. The largest absolute Gasteiger partial charge is 0.497 e. The number of nitro benzene ring substituents is 1. The van der Waals surface area contributed by atoms with Gasteiger partial charge in [0.15, 0.2) is 11.6 Å². The lowest BCUT2D eigenvalue weighted by atomic mass is 10.1. The van der Waals surface area contributed by atoms with Crippen LogP contribution in [0.5, 0.6) is 11.5 Å². The lowest BCUT2D eigenvalue weighted by Crippen LogP contribution is -1.93. The maximum absolute atomic E-state index is 11.0. The van der Waals surface area contributed by atoms with Crippen LogP contribution in [0.1, 0.15) is 0 Å². The van der Waals surface area contributed by atoms with Crippen molar-refractivity contribution in [2.75, 3.05) is 14.2 Å². The van der Waals surface area contributed by atoms with E-state index < -0.39 is 4.92 Å². The average Bonchev–Trinajstić information content (AvgIpc) is 3.11. The van der Waals surface area contributed by atoms with Gasteiger partial charge in [0, 0.05) is 17.7 Å². The van der Waals surface area contributed by atoms with E-state index in [1.807, 2.05) is 18.2 Å². The van der Waals surface area contributed by atoms with Crippen molar-refractivity contribution in [3.05, 3.63) is 52.6 Å². The molecule has 3 rings (SSSR count). The third kappa shape index (κ3) is 2.89. The van der Waals surface area contributed by atoms with Crippen molar-refractivity contribution in [2.24, 2.45) is 0 Å². The molecule has 0 saturated carbocycles. The highest BCUT2D eigenvalue weighted by Crippen LogP contribution is 2.32. The highest BCUT2D eigenvalue weighted by Gasteiger charge is 2.17. The summed E-state index contributed by atoms with van der Waals surface area (Å²) in [6.07, 6.45) is 0. The molecule has 0 aliphatic rings. The number of aromatic nitrogens is 3. The summed E-state index contributed by atoms with van der Waals surface area (Å²) in [4.78, 5) is 14.9. The molecular formula is C16H14N4O4. The standard InChI is InChI=1S/C16H14N4O4/c1-23-12-5-3-4-10(8-12)15-17-16(19-18-15)13-9-11(20(21)22)6-7-14(13)24-2/h3-9H,1-2H3,(H,17,18,19). The minimum atomic E-state index is -0.470. The number of nitro groups is 1.